The highest BCUT2D eigenvalue weighted by Crippen LogP contribution is 2.19. The number of rotatable bonds is 8. The Morgan fingerprint density at radius 1 is 0.962 bits per heavy atom. The van der Waals surface area contributed by atoms with Crippen molar-refractivity contribution in [3.63, 3.8) is 0 Å². The van der Waals surface area contributed by atoms with Crippen LogP contribution in [0.1, 0.15) is 17.5 Å². The van der Waals surface area contributed by atoms with Gasteiger partial charge in [-0.2, -0.15) is 13.2 Å². The van der Waals surface area contributed by atoms with Crippen molar-refractivity contribution in [2.75, 3.05) is 13.7 Å². The second kappa shape index (κ2) is 9.12. The lowest BCUT2D eigenvalue weighted by Crippen LogP contribution is -2.23. The third kappa shape index (κ3) is 7.04. The zero-order valence-electron chi connectivity index (χ0n) is 14.3. The van der Waals surface area contributed by atoms with Crippen LogP contribution in [0.25, 0.3) is 0 Å². The first-order valence-corrected chi connectivity index (χ1v) is 8.04. The summed E-state index contributed by atoms with van der Waals surface area (Å²) in [6, 6.07) is 13.6. The maximum atomic E-state index is 12.1. The molecule has 0 aliphatic rings. The van der Waals surface area contributed by atoms with Gasteiger partial charge in [0.25, 0.3) is 0 Å². The normalized spacial score (nSPS) is 11.1. The number of hydrogen-bond donors (Lipinski definition) is 1. The number of benzene rings is 2. The molecule has 0 aromatic heterocycles. The highest BCUT2D eigenvalue weighted by atomic mass is 19.4. The summed E-state index contributed by atoms with van der Waals surface area (Å²) < 4.78 is 46.0. The van der Waals surface area contributed by atoms with Gasteiger partial charge in [-0.3, -0.25) is 4.79 Å². The van der Waals surface area contributed by atoms with Crippen LogP contribution in [0.2, 0.25) is 0 Å². The van der Waals surface area contributed by atoms with Crippen LogP contribution in [-0.2, 0) is 17.8 Å². The van der Waals surface area contributed by atoms with Gasteiger partial charge in [-0.05, 0) is 41.8 Å². The highest BCUT2D eigenvalue weighted by molar-refractivity contribution is 5.76. The summed E-state index contributed by atoms with van der Waals surface area (Å²) in [6.45, 7) is -1.02. The number of methoxy groups -OCH3 is 1. The van der Waals surface area contributed by atoms with E-state index in [9.17, 15) is 18.0 Å². The van der Waals surface area contributed by atoms with E-state index >= 15 is 0 Å². The summed E-state index contributed by atoms with van der Waals surface area (Å²) in [7, 11) is 1.59. The molecule has 26 heavy (non-hydrogen) atoms. The van der Waals surface area contributed by atoms with Crippen LogP contribution in [-0.4, -0.2) is 25.8 Å². The van der Waals surface area contributed by atoms with Crippen LogP contribution in [0.15, 0.2) is 48.5 Å². The fourth-order valence-electron chi connectivity index (χ4n) is 2.21. The van der Waals surface area contributed by atoms with Gasteiger partial charge in [-0.25, -0.2) is 0 Å². The molecule has 1 N–H and O–H groups in total. The van der Waals surface area contributed by atoms with E-state index in [-0.39, 0.29) is 11.7 Å². The lowest BCUT2D eigenvalue weighted by molar-refractivity contribution is -0.153. The number of nitrogens with one attached hydrogen (secondary N) is 1. The van der Waals surface area contributed by atoms with Crippen LogP contribution < -0.4 is 14.8 Å². The second-order valence-corrected chi connectivity index (χ2v) is 5.67. The molecule has 0 saturated heterocycles. The topological polar surface area (TPSA) is 47.6 Å². The average Bonchev–Trinajstić information content (AvgIpc) is 2.63. The van der Waals surface area contributed by atoms with E-state index in [4.69, 9.17) is 4.74 Å². The lowest BCUT2D eigenvalue weighted by atomic mass is 10.1. The maximum absolute atomic E-state index is 12.1. The summed E-state index contributed by atoms with van der Waals surface area (Å²) in [5.74, 6) is 0.802. The van der Waals surface area contributed by atoms with E-state index < -0.39 is 12.8 Å². The molecule has 0 fully saturated rings. The minimum atomic E-state index is -4.36. The van der Waals surface area contributed by atoms with Crippen LogP contribution >= 0.6 is 0 Å². The van der Waals surface area contributed by atoms with E-state index in [2.05, 4.69) is 10.1 Å². The minimum absolute atomic E-state index is 0.0989. The summed E-state index contributed by atoms with van der Waals surface area (Å²) in [5.41, 5.74) is 1.81. The van der Waals surface area contributed by atoms with Crippen LogP contribution in [0.3, 0.4) is 0 Å². The minimum Gasteiger partial charge on any atom is -0.497 e. The molecule has 4 nitrogen and oxygen atoms in total. The molecule has 1 amide bonds. The Bertz CT molecular complexity index is 697. The zero-order valence-corrected chi connectivity index (χ0v) is 14.3. The number of carbonyl (C=O) groups excluding carboxylic acids is 1. The summed E-state index contributed by atoms with van der Waals surface area (Å²) >= 11 is 0. The van der Waals surface area contributed by atoms with E-state index in [0.717, 1.165) is 16.9 Å². The van der Waals surface area contributed by atoms with Crippen LogP contribution in [0.4, 0.5) is 13.2 Å². The van der Waals surface area contributed by atoms with Gasteiger partial charge in [0.1, 0.15) is 11.5 Å². The largest absolute Gasteiger partial charge is 0.497 e. The number of amides is 1. The van der Waals surface area contributed by atoms with Crippen molar-refractivity contribution in [1.82, 2.24) is 5.32 Å². The van der Waals surface area contributed by atoms with Crippen molar-refractivity contribution in [3.05, 3.63) is 59.7 Å². The average molecular weight is 367 g/mol. The zero-order chi connectivity index (χ0) is 19.0. The molecule has 2 rings (SSSR count). The number of halogens is 3. The van der Waals surface area contributed by atoms with Gasteiger partial charge in [-0.1, -0.05) is 24.3 Å². The molecular weight excluding hydrogens is 347 g/mol. The molecule has 0 aliphatic heterocycles. The van der Waals surface area contributed by atoms with Gasteiger partial charge < -0.3 is 14.8 Å². The van der Waals surface area contributed by atoms with Crippen molar-refractivity contribution in [1.29, 1.82) is 0 Å². The van der Waals surface area contributed by atoms with Crippen molar-refractivity contribution in [2.24, 2.45) is 0 Å². The Hall–Kier alpha value is -2.70. The van der Waals surface area contributed by atoms with Crippen molar-refractivity contribution in [3.8, 4) is 11.5 Å². The SMILES string of the molecule is COc1ccc(CCC(=O)NCc2ccc(OCC(F)(F)F)cc2)cc1. The van der Waals surface area contributed by atoms with Crippen molar-refractivity contribution < 1.29 is 27.4 Å². The molecular formula is C19H20F3NO3. The molecule has 2 aromatic carbocycles. The van der Waals surface area contributed by atoms with Gasteiger partial charge in [0.2, 0.25) is 5.91 Å². The molecule has 0 saturated carbocycles. The van der Waals surface area contributed by atoms with Crippen molar-refractivity contribution in [2.45, 2.75) is 25.6 Å². The summed E-state index contributed by atoms with van der Waals surface area (Å²) in [4.78, 5) is 11.9. The Labute approximate surface area is 149 Å². The Kier molecular flexibility index (Phi) is 6.89. The predicted octanol–water partition coefficient (Wildman–Crippen LogP) is 3.89. The molecule has 0 radical (unpaired) electrons. The highest BCUT2D eigenvalue weighted by Gasteiger charge is 2.28. The molecule has 7 heteroatoms. The number of hydrogen-bond acceptors (Lipinski definition) is 3. The molecule has 140 valence electrons. The molecule has 0 spiro atoms. The first-order chi connectivity index (χ1) is 12.4. The monoisotopic (exact) mass is 367 g/mol. The lowest BCUT2D eigenvalue weighted by Gasteiger charge is -2.10. The number of aryl methyl sites for hydroxylation is 1. The second-order valence-electron chi connectivity index (χ2n) is 5.67. The maximum Gasteiger partial charge on any atom is 0.422 e. The Morgan fingerprint density at radius 3 is 2.12 bits per heavy atom. The van der Waals surface area contributed by atoms with Crippen LogP contribution in [0.5, 0.6) is 11.5 Å². The molecule has 0 aliphatic carbocycles. The van der Waals surface area contributed by atoms with Gasteiger partial charge in [0.15, 0.2) is 6.61 Å². The van der Waals surface area contributed by atoms with Crippen molar-refractivity contribution >= 4 is 5.91 Å². The van der Waals surface area contributed by atoms with E-state index in [0.29, 0.717) is 19.4 Å². The quantitative estimate of drug-likeness (QED) is 0.770. The predicted molar refractivity (Wildman–Crippen MR) is 91.2 cm³/mol. The van der Waals surface area contributed by atoms with Gasteiger partial charge in [0, 0.05) is 13.0 Å². The fraction of sp³-hybridized carbons (Fsp3) is 0.316. The first kappa shape index (κ1) is 19.6. The Balaban J connectivity index is 1.72. The van der Waals surface area contributed by atoms with E-state index in [1.54, 1.807) is 19.2 Å². The molecule has 0 unspecified atom stereocenters. The summed E-state index contributed by atoms with van der Waals surface area (Å²) in [6.07, 6.45) is -3.41. The first-order valence-electron chi connectivity index (χ1n) is 8.04. The Morgan fingerprint density at radius 2 is 1.54 bits per heavy atom. The number of alkyl halides is 3. The van der Waals surface area contributed by atoms with Gasteiger partial charge in [-0.15, -0.1) is 0 Å². The third-order valence-corrected chi connectivity index (χ3v) is 3.62. The third-order valence-electron chi connectivity index (χ3n) is 3.62. The standard InChI is InChI=1S/C19H20F3NO3/c1-25-16-7-2-14(3-8-16)6-11-18(24)23-12-15-4-9-17(10-5-15)26-13-19(20,21)22/h2-5,7-10H,6,11-13H2,1H3,(H,23,24). The van der Waals surface area contributed by atoms with Crippen LogP contribution in [0, 0.1) is 0 Å². The number of ether oxygens (including phenoxy) is 2. The molecule has 0 heterocycles. The number of carbonyl (C=O) groups is 1. The molecule has 2 aromatic rings. The van der Waals surface area contributed by atoms with E-state index in [1.165, 1.54) is 12.1 Å². The molecule has 0 atom stereocenters. The van der Waals surface area contributed by atoms with E-state index in [1.807, 2.05) is 24.3 Å². The fourth-order valence-corrected chi connectivity index (χ4v) is 2.21. The molecule has 0 bridgehead atoms. The van der Waals surface area contributed by atoms with Gasteiger partial charge >= 0.3 is 6.18 Å². The van der Waals surface area contributed by atoms with Gasteiger partial charge in [0.05, 0.1) is 7.11 Å². The summed E-state index contributed by atoms with van der Waals surface area (Å²) in [5, 5.41) is 2.78. The smallest absolute Gasteiger partial charge is 0.422 e.